The van der Waals surface area contributed by atoms with E-state index in [2.05, 4.69) is 40.7 Å². The minimum Gasteiger partial charge on any atom is -0.479 e. The van der Waals surface area contributed by atoms with Crippen molar-refractivity contribution in [2.24, 2.45) is 50.2 Å². The zero-order valence-electron chi connectivity index (χ0n) is 47.3. The van der Waals surface area contributed by atoms with Gasteiger partial charge in [0.2, 0.25) is 0 Å². The van der Waals surface area contributed by atoms with Crippen LogP contribution in [0, 0.1) is 50.2 Å². The summed E-state index contributed by atoms with van der Waals surface area (Å²) in [5, 5.41) is 121. The van der Waals surface area contributed by atoms with Crippen LogP contribution >= 0.6 is 0 Å². The van der Waals surface area contributed by atoms with Gasteiger partial charge in [0.15, 0.2) is 31.1 Å². The Balaban J connectivity index is 1.12. The maximum absolute atomic E-state index is 13.8. The molecule has 4 saturated carbocycles. The number of ether oxygens (including phenoxy) is 8. The number of fused-ring (bicyclic) bond motifs is 7. The molecule has 22 heteroatoms. The van der Waals surface area contributed by atoms with E-state index >= 15 is 0 Å². The molecule has 8 unspecified atom stereocenters. The molecule has 0 aromatic rings. The van der Waals surface area contributed by atoms with Crippen LogP contribution in [0.2, 0.25) is 0 Å². The van der Waals surface area contributed by atoms with Crippen molar-refractivity contribution in [3.8, 4) is 0 Å². The zero-order chi connectivity index (χ0) is 58.4. The number of hydrogen-bond donors (Lipinski definition) is 11. The van der Waals surface area contributed by atoms with E-state index in [0.29, 0.717) is 49.7 Å². The second kappa shape index (κ2) is 22.5. The molecule has 0 radical (unpaired) electrons. The summed E-state index contributed by atoms with van der Waals surface area (Å²) < 4.78 is 49.2. The third kappa shape index (κ3) is 9.99. The number of carbonyl (C=O) groups excluding carboxylic acids is 2. The largest absolute Gasteiger partial charge is 0.479 e. The second-order valence-corrected chi connectivity index (χ2v) is 26.0. The van der Waals surface area contributed by atoms with Crippen LogP contribution < -0.4 is 0 Å². The Morgan fingerprint density at radius 2 is 1.19 bits per heavy atom. The van der Waals surface area contributed by atoms with Crippen molar-refractivity contribution in [3.05, 3.63) is 34.9 Å². The number of aliphatic hydroxyl groups excluding tert-OH is 10. The number of allylic oxidation sites excluding steroid dienone is 4. The molecule has 11 N–H and O–H groups in total. The van der Waals surface area contributed by atoms with Gasteiger partial charge in [-0.1, -0.05) is 72.3 Å². The Kier molecular flexibility index (Phi) is 17.7. The predicted octanol–water partition coefficient (Wildman–Crippen LogP) is 1.29. The first-order chi connectivity index (χ1) is 36.9. The fraction of sp³-hybridized carbons (Fsp3) is 0.842. The third-order valence-corrected chi connectivity index (χ3v) is 21.3. The van der Waals surface area contributed by atoms with E-state index in [1.165, 1.54) is 0 Å². The molecule has 8 aliphatic rings. The first-order valence-electron chi connectivity index (χ1n) is 28.0. The van der Waals surface area contributed by atoms with Gasteiger partial charge in [-0.3, -0.25) is 0 Å². The smallest absolute Gasteiger partial charge is 0.335 e. The van der Waals surface area contributed by atoms with E-state index in [1.54, 1.807) is 39.8 Å². The van der Waals surface area contributed by atoms with Crippen LogP contribution in [0.3, 0.4) is 0 Å². The summed E-state index contributed by atoms with van der Waals surface area (Å²) in [6.07, 6.45) is -20.2. The molecule has 3 aliphatic heterocycles. The van der Waals surface area contributed by atoms with Gasteiger partial charge in [-0.05, 0) is 112 Å². The number of esters is 2. The quantitative estimate of drug-likeness (QED) is 0.0505. The van der Waals surface area contributed by atoms with Gasteiger partial charge >= 0.3 is 17.9 Å². The Morgan fingerprint density at radius 3 is 1.73 bits per heavy atom. The lowest BCUT2D eigenvalue weighted by molar-refractivity contribution is -0.386. The van der Waals surface area contributed by atoms with Crippen molar-refractivity contribution < 1.29 is 108 Å². The van der Waals surface area contributed by atoms with Gasteiger partial charge < -0.3 is 94.1 Å². The summed E-state index contributed by atoms with van der Waals surface area (Å²) in [4.78, 5) is 40.3. The Hall–Kier alpha value is -3.01. The summed E-state index contributed by atoms with van der Waals surface area (Å²) in [5.74, 6) is -3.40. The van der Waals surface area contributed by atoms with E-state index in [9.17, 15) is 70.6 Å². The predicted molar refractivity (Wildman–Crippen MR) is 275 cm³/mol. The molecule has 79 heavy (non-hydrogen) atoms. The number of hydrogen-bond acceptors (Lipinski definition) is 21. The van der Waals surface area contributed by atoms with E-state index in [4.69, 9.17) is 37.9 Å². The first-order valence-corrected chi connectivity index (χ1v) is 28.0. The maximum Gasteiger partial charge on any atom is 0.335 e. The summed E-state index contributed by atoms with van der Waals surface area (Å²) in [6, 6.07) is 0. The van der Waals surface area contributed by atoms with Crippen LogP contribution in [0.1, 0.15) is 121 Å². The standard InChI is InChI=1S/C57H88O22/c1-12-25(3)47(70)78-44-45(79-48(71)26(4)13-2)57(24-60)28(20-52(44,5)6)27-14-15-32-54(9)18-17-34(53(7,8)31(54)16-19-55(32,10)56(27,11)21-33(57)61)74-51-43(77-50-39(66)37(64)35(62)29(22-58)72-50)41(40(67)42(76-51)46(68)69)75-49-38(65)36(63)30(23-59)73-49/h12-14,28-45,49-51,58-67H,15-24H2,1-11H3,(H,68,69)/t28?,29?,30-,31?,32?,33+,34-,35-,36?,37+,38-,39?,40-,41+,42?,43?,44-,45-,49-,50-,51+,54-,55+,56+,57-/m0/s1. The van der Waals surface area contributed by atoms with Gasteiger partial charge in [0.1, 0.15) is 67.1 Å². The molecule has 0 amide bonds. The van der Waals surface area contributed by atoms with Crippen LogP contribution in [0.4, 0.5) is 0 Å². The zero-order valence-corrected chi connectivity index (χ0v) is 47.3. The normalized spacial score (nSPS) is 48.6. The Morgan fingerprint density at radius 1 is 0.646 bits per heavy atom. The SMILES string of the molecule is CC=C(C)C(=O)O[C@H]1[C@H](OC(=O)C(C)=CC)[C@@]2(CO)C(CC1(C)C)C1=CCC3[C@@]4(C)CC[C@H](O[C@@H]5OC(C(=O)O)[C@@H](O)[C@@H](O[C@@H]6O[C@@H](CO)C(O)[C@@H]6O)C5O[C@@H]5OC(CO)[C@H](O)[C@@H](O)C5O)C(C)(C)C4CC[C@@]3(C)[C@]1(C)C[C@H]2O. The Labute approximate surface area is 461 Å². The van der Waals surface area contributed by atoms with Crippen LogP contribution in [0.15, 0.2) is 34.9 Å². The van der Waals surface area contributed by atoms with Crippen molar-refractivity contribution in [2.45, 2.75) is 232 Å². The summed E-state index contributed by atoms with van der Waals surface area (Å²) in [6.45, 7) is 19.4. The number of carboxylic acid groups (broad SMARTS) is 1. The molecule has 3 saturated heterocycles. The number of aliphatic hydroxyl groups is 10. The van der Waals surface area contributed by atoms with Gasteiger partial charge in [-0.15, -0.1) is 0 Å². The van der Waals surface area contributed by atoms with Crippen LogP contribution in [0.5, 0.6) is 0 Å². The second-order valence-electron chi connectivity index (χ2n) is 26.0. The average Bonchev–Trinajstić information content (AvgIpc) is 3.87. The summed E-state index contributed by atoms with van der Waals surface area (Å²) >= 11 is 0. The lowest BCUT2D eigenvalue weighted by Gasteiger charge is -2.72. The topological polar surface area (TPSA) is 348 Å². The molecule has 8 rings (SSSR count). The lowest BCUT2D eigenvalue weighted by Crippen LogP contribution is -2.72. The molecule has 22 nitrogen and oxygen atoms in total. The van der Waals surface area contributed by atoms with Crippen LogP contribution in [-0.4, -0.2) is 204 Å². The lowest BCUT2D eigenvalue weighted by atomic mass is 9.33. The molecule has 0 spiro atoms. The maximum atomic E-state index is 13.8. The van der Waals surface area contributed by atoms with E-state index < -0.39 is 181 Å². The Bertz CT molecular complexity index is 2350. The minimum absolute atomic E-state index is 0.0232. The number of carbonyl (C=O) groups is 3. The molecule has 7 fully saturated rings. The number of aliphatic carboxylic acids is 1. The van der Waals surface area contributed by atoms with Gasteiger partial charge in [0, 0.05) is 16.6 Å². The number of rotatable bonds is 14. The number of carboxylic acids is 1. The molecule has 3 heterocycles. The molecule has 0 aromatic carbocycles. The monoisotopic (exact) mass is 1120 g/mol. The van der Waals surface area contributed by atoms with Crippen molar-refractivity contribution in [1.29, 1.82) is 0 Å². The highest BCUT2D eigenvalue weighted by Gasteiger charge is 2.74. The highest BCUT2D eigenvalue weighted by Crippen LogP contribution is 2.76. The summed E-state index contributed by atoms with van der Waals surface area (Å²) in [5.41, 5.74) is -2.71. The average molecular weight is 1130 g/mol. The molecular formula is C57H88O22. The highest BCUT2D eigenvalue weighted by atomic mass is 16.8. The molecule has 0 bridgehead atoms. The molecule has 448 valence electrons. The van der Waals surface area contributed by atoms with Gasteiger partial charge in [-0.2, -0.15) is 0 Å². The van der Waals surface area contributed by atoms with Gasteiger partial charge in [0.05, 0.1) is 37.4 Å². The molecule has 0 aromatic heterocycles. The first kappa shape index (κ1) is 62.0. The molecule has 5 aliphatic carbocycles. The van der Waals surface area contributed by atoms with E-state index in [0.717, 1.165) is 5.57 Å². The molecule has 25 atom stereocenters. The highest BCUT2D eigenvalue weighted by molar-refractivity contribution is 5.89. The van der Waals surface area contributed by atoms with Crippen molar-refractivity contribution >= 4 is 17.9 Å². The van der Waals surface area contributed by atoms with Gasteiger partial charge in [-0.25, -0.2) is 14.4 Å². The van der Waals surface area contributed by atoms with Crippen molar-refractivity contribution in [3.63, 3.8) is 0 Å². The van der Waals surface area contributed by atoms with E-state index in [1.807, 2.05) is 13.8 Å². The van der Waals surface area contributed by atoms with Crippen LogP contribution in [-0.2, 0) is 52.3 Å². The fourth-order valence-electron chi connectivity index (χ4n) is 16.2. The fourth-order valence-corrected chi connectivity index (χ4v) is 16.2. The molecular weight excluding hydrogens is 1040 g/mol. The van der Waals surface area contributed by atoms with Gasteiger partial charge in [0.25, 0.3) is 0 Å². The van der Waals surface area contributed by atoms with Crippen molar-refractivity contribution in [2.75, 3.05) is 19.8 Å². The summed E-state index contributed by atoms with van der Waals surface area (Å²) in [7, 11) is 0. The van der Waals surface area contributed by atoms with E-state index in [-0.39, 0.29) is 23.7 Å². The van der Waals surface area contributed by atoms with Crippen LogP contribution in [0.25, 0.3) is 0 Å². The van der Waals surface area contributed by atoms with Crippen molar-refractivity contribution in [1.82, 2.24) is 0 Å². The minimum atomic E-state index is -2.10. The third-order valence-electron chi connectivity index (χ3n) is 21.3.